The Labute approximate surface area is 183 Å². The van der Waals surface area contributed by atoms with E-state index in [1.165, 1.54) is 11.8 Å². The van der Waals surface area contributed by atoms with Gasteiger partial charge in [0.2, 0.25) is 18.5 Å². The van der Waals surface area contributed by atoms with Crippen molar-refractivity contribution in [3.05, 3.63) is 58.2 Å². The van der Waals surface area contributed by atoms with Gasteiger partial charge >= 0.3 is 0 Å². The molecule has 32 heavy (non-hydrogen) atoms. The standard InChI is InChI=1S/C21H14F2N4O4S/c22-13-6-12-15(7-14(13)23)24-21(27(20(12)28)11-2-3-11)32-8-18-25-19(26-31-18)10-1-4-16-17(5-10)30-9-29-16/h1,4-7,11H,2-3,8-9H2. The van der Waals surface area contributed by atoms with E-state index in [-0.39, 0.29) is 35.0 Å². The van der Waals surface area contributed by atoms with Gasteiger partial charge in [-0.05, 0) is 37.1 Å². The lowest BCUT2D eigenvalue weighted by molar-refractivity contribution is 0.174. The summed E-state index contributed by atoms with van der Waals surface area (Å²) in [5.41, 5.74) is 0.441. The van der Waals surface area contributed by atoms with Crippen LogP contribution < -0.4 is 15.0 Å². The van der Waals surface area contributed by atoms with Gasteiger partial charge in [0.05, 0.1) is 16.7 Å². The first-order chi connectivity index (χ1) is 15.6. The van der Waals surface area contributed by atoms with Crippen molar-refractivity contribution in [2.75, 3.05) is 6.79 Å². The maximum absolute atomic E-state index is 13.7. The minimum absolute atomic E-state index is 0.00175. The number of thioether (sulfide) groups is 1. The van der Waals surface area contributed by atoms with Crippen molar-refractivity contribution in [3.63, 3.8) is 0 Å². The highest BCUT2D eigenvalue weighted by Crippen LogP contribution is 2.38. The third kappa shape index (κ3) is 3.29. The Morgan fingerprint density at radius 2 is 1.88 bits per heavy atom. The van der Waals surface area contributed by atoms with Crippen molar-refractivity contribution < 1.29 is 22.8 Å². The van der Waals surface area contributed by atoms with Gasteiger partial charge in [-0.3, -0.25) is 9.36 Å². The third-order valence-electron chi connectivity index (χ3n) is 5.25. The molecular formula is C21H14F2N4O4S. The van der Waals surface area contributed by atoms with Gasteiger partial charge in [0.25, 0.3) is 5.56 Å². The van der Waals surface area contributed by atoms with Gasteiger partial charge in [-0.25, -0.2) is 13.8 Å². The fourth-order valence-electron chi connectivity index (χ4n) is 3.52. The number of benzene rings is 2. The Hall–Kier alpha value is -3.47. The van der Waals surface area contributed by atoms with Crippen molar-refractivity contribution in [2.24, 2.45) is 0 Å². The maximum Gasteiger partial charge on any atom is 0.262 e. The highest BCUT2D eigenvalue weighted by molar-refractivity contribution is 7.98. The van der Waals surface area contributed by atoms with E-state index < -0.39 is 11.6 Å². The van der Waals surface area contributed by atoms with Crippen LogP contribution in [-0.4, -0.2) is 26.5 Å². The van der Waals surface area contributed by atoms with Crippen LogP contribution in [0.25, 0.3) is 22.3 Å². The second kappa shape index (κ2) is 7.30. The van der Waals surface area contributed by atoms with Crippen LogP contribution >= 0.6 is 11.8 Å². The molecule has 0 unspecified atom stereocenters. The molecule has 0 bridgehead atoms. The Balaban J connectivity index is 1.29. The Morgan fingerprint density at radius 3 is 2.72 bits per heavy atom. The molecular weight excluding hydrogens is 442 g/mol. The van der Waals surface area contributed by atoms with Gasteiger partial charge in [-0.15, -0.1) is 0 Å². The summed E-state index contributed by atoms with van der Waals surface area (Å²) in [6.45, 7) is 0.172. The molecule has 0 N–H and O–H groups in total. The number of halogens is 2. The maximum atomic E-state index is 13.7. The number of ether oxygens (including phenoxy) is 2. The third-order valence-corrected chi connectivity index (χ3v) is 6.18. The van der Waals surface area contributed by atoms with Gasteiger partial charge < -0.3 is 14.0 Å². The molecule has 3 heterocycles. The number of rotatable bonds is 5. The zero-order chi connectivity index (χ0) is 21.8. The van der Waals surface area contributed by atoms with E-state index >= 15 is 0 Å². The van der Waals surface area contributed by atoms with Gasteiger partial charge in [-0.1, -0.05) is 16.9 Å². The second-order valence-electron chi connectivity index (χ2n) is 7.45. The lowest BCUT2D eigenvalue weighted by Gasteiger charge is -2.11. The summed E-state index contributed by atoms with van der Waals surface area (Å²) in [6, 6.07) is 7.20. The van der Waals surface area contributed by atoms with E-state index in [0.717, 1.165) is 25.0 Å². The highest BCUT2D eigenvalue weighted by atomic mass is 32.2. The van der Waals surface area contributed by atoms with Crippen molar-refractivity contribution in [2.45, 2.75) is 29.8 Å². The van der Waals surface area contributed by atoms with Crippen molar-refractivity contribution in [1.82, 2.24) is 19.7 Å². The first-order valence-corrected chi connectivity index (χ1v) is 10.8. The van der Waals surface area contributed by atoms with E-state index in [0.29, 0.717) is 33.9 Å². The van der Waals surface area contributed by atoms with Gasteiger partial charge in [-0.2, -0.15) is 4.98 Å². The van der Waals surface area contributed by atoms with E-state index in [9.17, 15) is 13.6 Å². The summed E-state index contributed by atoms with van der Waals surface area (Å²) < 4.78 is 44.9. The molecule has 1 aliphatic carbocycles. The minimum atomic E-state index is -1.07. The van der Waals surface area contributed by atoms with Crippen LogP contribution in [0.15, 0.2) is 44.8 Å². The molecule has 0 amide bonds. The van der Waals surface area contributed by atoms with Crippen LogP contribution in [-0.2, 0) is 5.75 Å². The molecule has 1 fully saturated rings. The molecule has 0 radical (unpaired) electrons. The van der Waals surface area contributed by atoms with Crippen molar-refractivity contribution in [3.8, 4) is 22.9 Å². The normalized spacial score (nSPS) is 14.9. The fraction of sp³-hybridized carbons (Fsp3) is 0.238. The Bertz CT molecular complexity index is 1430. The van der Waals surface area contributed by atoms with Crippen LogP contribution in [0.3, 0.4) is 0 Å². The molecule has 2 aromatic carbocycles. The number of nitrogens with zero attached hydrogens (tertiary/aromatic N) is 4. The summed E-state index contributed by atoms with van der Waals surface area (Å²) in [6.07, 6.45) is 1.66. The van der Waals surface area contributed by atoms with Crippen molar-refractivity contribution in [1.29, 1.82) is 0 Å². The van der Waals surface area contributed by atoms with E-state index in [2.05, 4.69) is 15.1 Å². The van der Waals surface area contributed by atoms with Gasteiger partial charge in [0.15, 0.2) is 28.3 Å². The highest BCUT2D eigenvalue weighted by Gasteiger charge is 2.29. The smallest absolute Gasteiger partial charge is 0.262 e. The van der Waals surface area contributed by atoms with E-state index in [1.54, 1.807) is 22.8 Å². The first-order valence-electron chi connectivity index (χ1n) is 9.83. The van der Waals surface area contributed by atoms with Crippen LogP contribution in [0, 0.1) is 11.6 Å². The molecule has 0 atom stereocenters. The monoisotopic (exact) mass is 456 g/mol. The summed E-state index contributed by atoms with van der Waals surface area (Å²) in [4.78, 5) is 21.8. The molecule has 4 aromatic rings. The second-order valence-corrected chi connectivity index (χ2v) is 8.40. The minimum Gasteiger partial charge on any atom is -0.454 e. The molecule has 0 spiro atoms. The zero-order valence-corrected chi connectivity index (χ0v) is 17.2. The largest absolute Gasteiger partial charge is 0.454 e. The van der Waals surface area contributed by atoms with Crippen LogP contribution in [0.5, 0.6) is 11.5 Å². The predicted octanol–water partition coefficient (Wildman–Crippen LogP) is 4.08. The molecule has 2 aromatic heterocycles. The number of hydrogen-bond acceptors (Lipinski definition) is 8. The number of fused-ring (bicyclic) bond motifs is 2. The zero-order valence-electron chi connectivity index (χ0n) is 16.4. The lowest BCUT2D eigenvalue weighted by atomic mass is 10.2. The number of hydrogen-bond donors (Lipinski definition) is 0. The summed E-state index contributed by atoms with van der Waals surface area (Å²) in [5.74, 6) is 0.139. The SMILES string of the molecule is O=c1c2cc(F)c(F)cc2nc(SCc2nc(-c3ccc4c(c3)OCO4)no2)n1C1CC1. The summed E-state index contributed by atoms with van der Waals surface area (Å²) in [5, 5.41) is 4.47. The van der Waals surface area contributed by atoms with Crippen molar-refractivity contribution >= 4 is 22.7 Å². The average Bonchev–Trinajstić information content (AvgIpc) is 3.31. The van der Waals surface area contributed by atoms with E-state index in [4.69, 9.17) is 14.0 Å². The first kappa shape index (κ1) is 19.2. The Kier molecular flexibility index (Phi) is 4.39. The fourth-order valence-corrected chi connectivity index (χ4v) is 4.43. The molecule has 1 aliphatic heterocycles. The molecule has 0 saturated heterocycles. The van der Waals surface area contributed by atoms with Crippen LogP contribution in [0.4, 0.5) is 8.78 Å². The summed E-state index contributed by atoms with van der Waals surface area (Å²) >= 11 is 1.23. The quantitative estimate of drug-likeness (QED) is 0.328. The molecule has 6 rings (SSSR count). The molecule has 2 aliphatic rings. The predicted molar refractivity (Wildman–Crippen MR) is 110 cm³/mol. The summed E-state index contributed by atoms with van der Waals surface area (Å²) in [7, 11) is 0. The van der Waals surface area contributed by atoms with Crippen LogP contribution in [0.2, 0.25) is 0 Å². The number of aromatic nitrogens is 4. The molecule has 8 nitrogen and oxygen atoms in total. The molecule has 162 valence electrons. The lowest BCUT2D eigenvalue weighted by Crippen LogP contribution is -2.22. The Morgan fingerprint density at radius 1 is 1.06 bits per heavy atom. The topological polar surface area (TPSA) is 92.3 Å². The van der Waals surface area contributed by atoms with Gasteiger partial charge in [0, 0.05) is 17.7 Å². The average molecular weight is 456 g/mol. The molecule has 1 saturated carbocycles. The van der Waals surface area contributed by atoms with Crippen LogP contribution in [0.1, 0.15) is 24.8 Å². The van der Waals surface area contributed by atoms with E-state index in [1.807, 2.05) is 0 Å². The van der Waals surface area contributed by atoms with Gasteiger partial charge in [0.1, 0.15) is 0 Å². The molecule has 11 heteroatoms.